The van der Waals surface area contributed by atoms with Crippen molar-refractivity contribution in [1.82, 2.24) is 4.98 Å². The lowest BCUT2D eigenvalue weighted by Crippen LogP contribution is -2.05. The van der Waals surface area contributed by atoms with E-state index in [1.165, 1.54) is 17.3 Å². The fourth-order valence-electron chi connectivity index (χ4n) is 2.90. The Morgan fingerprint density at radius 1 is 0.897 bits per heavy atom. The molecular weight excluding hydrogens is 376 g/mol. The van der Waals surface area contributed by atoms with Crippen molar-refractivity contribution in [2.75, 3.05) is 0 Å². The van der Waals surface area contributed by atoms with Gasteiger partial charge in [-0.3, -0.25) is 4.98 Å². The van der Waals surface area contributed by atoms with Gasteiger partial charge in [0.05, 0.1) is 11.7 Å². The molecule has 0 bridgehead atoms. The van der Waals surface area contributed by atoms with Gasteiger partial charge in [0.15, 0.2) is 5.17 Å². The largest absolute Gasteiger partial charge is 0.377 e. The highest BCUT2D eigenvalue weighted by molar-refractivity contribution is 8.13. The maximum atomic E-state index is 5.92. The number of para-hydroxylation sites is 1. The van der Waals surface area contributed by atoms with Crippen molar-refractivity contribution in [2.45, 2.75) is 5.75 Å². The Kier molecular flexibility index (Phi) is 5.98. The van der Waals surface area contributed by atoms with E-state index in [1.54, 1.807) is 6.21 Å². The van der Waals surface area contributed by atoms with E-state index in [4.69, 9.17) is 5.73 Å². The van der Waals surface area contributed by atoms with Crippen LogP contribution in [0.5, 0.6) is 0 Å². The molecule has 0 aliphatic carbocycles. The number of amidine groups is 1. The Bertz CT molecular complexity index is 1150. The normalized spacial score (nSPS) is 11.9. The topological polar surface area (TPSA) is 63.6 Å². The van der Waals surface area contributed by atoms with Crippen molar-refractivity contribution in [3.63, 3.8) is 0 Å². The van der Waals surface area contributed by atoms with Crippen molar-refractivity contribution < 1.29 is 0 Å². The molecule has 142 valence electrons. The minimum atomic E-state index is 0.448. The number of nitrogens with two attached hydrogens (primary N) is 1. The summed E-state index contributed by atoms with van der Waals surface area (Å²) < 4.78 is 0. The van der Waals surface area contributed by atoms with E-state index in [0.717, 1.165) is 33.3 Å². The number of nitrogens with zero attached hydrogens (tertiary/aromatic N) is 3. The molecule has 1 heterocycles. The summed E-state index contributed by atoms with van der Waals surface area (Å²) in [6.07, 6.45) is 3.61. The van der Waals surface area contributed by atoms with E-state index >= 15 is 0 Å². The van der Waals surface area contributed by atoms with E-state index in [9.17, 15) is 0 Å². The summed E-state index contributed by atoms with van der Waals surface area (Å²) >= 11 is 1.47. The van der Waals surface area contributed by atoms with Crippen LogP contribution in [0.2, 0.25) is 0 Å². The molecule has 0 radical (unpaired) electrons. The predicted molar refractivity (Wildman–Crippen MR) is 124 cm³/mol. The Morgan fingerprint density at radius 3 is 2.48 bits per heavy atom. The quantitative estimate of drug-likeness (QED) is 0.276. The Labute approximate surface area is 174 Å². The lowest BCUT2D eigenvalue weighted by atomic mass is 10.0. The number of pyridine rings is 1. The Morgan fingerprint density at radius 2 is 1.66 bits per heavy atom. The zero-order valence-corrected chi connectivity index (χ0v) is 16.6. The molecule has 0 aliphatic rings. The van der Waals surface area contributed by atoms with Gasteiger partial charge < -0.3 is 5.73 Å². The predicted octanol–water partition coefficient (Wildman–Crippen LogP) is 5.48. The summed E-state index contributed by atoms with van der Waals surface area (Å²) in [5, 5.41) is 9.75. The molecule has 0 saturated heterocycles. The lowest BCUT2D eigenvalue weighted by Gasteiger charge is -2.04. The maximum absolute atomic E-state index is 5.92. The molecule has 0 amide bonds. The molecule has 2 N–H and O–H groups in total. The highest BCUT2D eigenvalue weighted by atomic mass is 32.2. The van der Waals surface area contributed by atoms with Crippen LogP contribution in [-0.2, 0) is 5.75 Å². The first-order valence-electron chi connectivity index (χ1n) is 9.26. The number of hydrogen-bond donors (Lipinski definition) is 1. The first kappa shape index (κ1) is 18.9. The molecule has 0 saturated carbocycles. The van der Waals surface area contributed by atoms with Gasteiger partial charge in [0.25, 0.3) is 0 Å². The van der Waals surface area contributed by atoms with Gasteiger partial charge >= 0.3 is 0 Å². The summed E-state index contributed by atoms with van der Waals surface area (Å²) in [6, 6.07) is 28.6. The molecular formula is C24H20N4S. The van der Waals surface area contributed by atoms with E-state index in [2.05, 4.69) is 51.6 Å². The van der Waals surface area contributed by atoms with Crippen LogP contribution in [0.25, 0.3) is 22.0 Å². The molecule has 0 spiro atoms. The number of rotatable bonds is 5. The molecule has 0 unspecified atom stereocenters. The second kappa shape index (κ2) is 9.17. The van der Waals surface area contributed by atoms with E-state index < -0.39 is 0 Å². The van der Waals surface area contributed by atoms with Gasteiger partial charge in [0.2, 0.25) is 0 Å². The van der Waals surface area contributed by atoms with Crippen LogP contribution >= 0.6 is 11.8 Å². The molecule has 5 heteroatoms. The summed E-state index contributed by atoms with van der Waals surface area (Å²) in [5.41, 5.74) is 11.3. The smallest absolute Gasteiger partial charge is 0.180 e. The van der Waals surface area contributed by atoms with Crippen molar-refractivity contribution >= 4 is 34.0 Å². The summed E-state index contributed by atoms with van der Waals surface area (Å²) in [7, 11) is 0. The van der Waals surface area contributed by atoms with Crippen molar-refractivity contribution in [2.24, 2.45) is 15.9 Å². The van der Waals surface area contributed by atoms with Crippen LogP contribution in [0, 0.1) is 0 Å². The summed E-state index contributed by atoms with van der Waals surface area (Å²) in [4.78, 5) is 4.53. The van der Waals surface area contributed by atoms with Gasteiger partial charge in [0, 0.05) is 22.9 Å². The average molecular weight is 397 g/mol. The number of hydrogen-bond acceptors (Lipinski definition) is 4. The van der Waals surface area contributed by atoms with E-state index in [-0.39, 0.29) is 0 Å². The van der Waals surface area contributed by atoms with Crippen LogP contribution in [0.1, 0.15) is 11.1 Å². The zero-order valence-electron chi connectivity index (χ0n) is 15.8. The van der Waals surface area contributed by atoms with E-state index in [0.29, 0.717) is 5.17 Å². The Balaban J connectivity index is 1.39. The monoisotopic (exact) mass is 396 g/mol. The fourth-order valence-corrected chi connectivity index (χ4v) is 3.52. The highest BCUT2D eigenvalue weighted by Crippen LogP contribution is 2.22. The van der Waals surface area contributed by atoms with Crippen LogP contribution in [0.3, 0.4) is 0 Å². The van der Waals surface area contributed by atoms with Crippen molar-refractivity contribution in [1.29, 1.82) is 0 Å². The standard InChI is InChI=1S/C24H20N4S/c25-24(29-17-19-6-2-1-3-7-19)28-27-15-18-10-12-20(13-11-18)22-14-21-8-4-5-9-23(21)26-16-22/h1-16H,17H2,(H2,25,28). The summed E-state index contributed by atoms with van der Waals surface area (Å²) in [6.45, 7) is 0. The van der Waals surface area contributed by atoms with Crippen molar-refractivity contribution in [3.8, 4) is 11.1 Å². The lowest BCUT2D eigenvalue weighted by molar-refractivity contribution is 1.25. The third-order valence-corrected chi connectivity index (χ3v) is 5.28. The van der Waals surface area contributed by atoms with E-state index in [1.807, 2.05) is 54.7 Å². The van der Waals surface area contributed by atoms with Crippen molar-refractivity contribution in [3.05, 3.63) is 102 Å². The first-order chi connectivity index (χ1) is 14.3. The molecule has 3 aromatic carbocycles. The third kappa shape index (κ3) is 5.09. The number of benzene rings is 3. The Hall–Kier alpha value is -3.44. The molecule has 4 rings (SSSR count). The second-order valence-corrected chi connectivity index (χ2v) is 7.49. The molecule has 0 atom stereocenters. The fraction of sp³-hybridized carbons (Fsp3) is 0.0417. The number of thioether (sulfide) groups is 1. The highest BCUT2D eigenvalue weighted by Gasteiger charge is 2.01. The van der Waals surface area contributed by atoms with Gasteiger partial charge in [-0.25, -0.2) is 0 Å². The SMILES string of the molecule is NC(=NN=Cc1ccc(-c2cnc3ccccc3c2)cc1)SCc1ccccc1. The van der Waals surface area contributed by atoms with Gasteiger partial charge in [-0.2, -0.15) is 5.10 Å². The molecule has 1 aromatic heterocycles. The van der Waals surface area contributed by atoms with Crippen LogP contribution in [0.15, 0.2) is 101 Å². The van der Waals surface area contributed by atoms with Gasteiger partial charge in [-0.05, 0) is 28.8 Å². The second-order valence-electron chi connectivity index (χ2n) is 6.50. The molecule has 4 aromatic rings. The summed E-state index contributed by atoms with van der Waals surface area (Å²) in [5.74, 6) is 0.778. The minimum Gasteiger partial charge on any atom is -0.377 e. The van der Waals surface area contributed by atoms with Gasteiger partial charge in [-0.15, -0.1) is 5.10 Å². The molecule has 0 aliphatic heterocycles. The third-order valence-electron chi connectivity index (χ3n) is 4.43. The number of aromatic nitrogens is 1. The van der Waals surface area contributed by atoms with Gasteiger partial charge in [-0.1, -0.05) is 84.6 Å². The number of fused-ring (bicyclic) bond motifs is 1. The van der Waals surface area contributed by atoms with Crippen LogP contribution < -0.4 is 5.73 Å². The van der Waals surface area contributed by atoms with Gasteiger partial charge in [0.1, 0.15) is 0 Å². The molecule has 29 heavy (non-hydrogen) atoms. The zero-order chi connectivity index (χ0) is 19.9. The van der Waals surface area contributed by atoms with Crippen LogP contribution in [-0.4, -0.2) is 16.4 Å². The molecule has 4 nitrogen and oxygen atoms in total. The maximum Gasteiger partial charge on any atom is 0.180 e. The first-order valence-corrected chi connectivity index (χ1v) is 10.2. The van der Waals surface area contributed by atoms with Crippen LogP contribution in [0.4, 0.5) is 0 Å². The minimum absolute atomic E-state index is 0.448. The molecule has 0 fully saturated rings. The average Bonchev–Trinajstić information content (AvgIpc) is 2.78.